The average Bonchev–Trinajstić information content (AvgIpc) is 2.23. The molecule has 1 amide bonds. The topological polar surface area (TPSA) is 55.4 Å². The Bertz CT molecular complexity index is 395. The minimum atomic E-state index is -0.659. The molecule has 1 aromatic carbocycles. The third-order valence-corrected chi connectivity index (χ3v) is 2.55. The fraction of sp³-hybridized carbons (Fsp3) is 0.273. The average molecular weight is 242 g/mol. The smallest absolute Gasteiger partial charge is 0.410 e. The molecule has 86 valence electrons. The summed E-state index contributed by atoms with van der Waals surface area (Å²) in [6, 6.07) is 3.33. The van der Waals surface area contributed by atoms with E-state index < -0.39 is 6.09 Å². The molecule has 0 bridgehead atoms. The van der Waals surface area contributed by atoms with Crippen molar-refractivity contribution in [2.24, 2.45) is 0 Å². The highest BCUT2D eigenvalue weighted by Gasteiger charge is 2.07. The maximum atomic E-state index is 11.2. The van der Waals surface area contributed by atoms with Crippen LogP contribution < -0.4 is 10.1 Å². The standard InChI is InChI=1S/C11H12ClNO3/c1-7-5-9(6-8(2)10(7)12)16-11(15)13-3-4-14/h4-6H,3H2,1-2H3,(H,13,15). The Labute approximate surface area is 98.5 Å². The van der Waals surface area contributed by atoms with E-state index in [-0.39, 0.29) is 6.54 Å². The van der Waals surface area contributed by atoms with Crippen LogP contribution in [0.15, 0.2) is 12.1 Å². The molecule has 0 fully saturated rings. The SMILES string of the molecule is Cc1cc(OC(=O)NCC=O)cc(C)c1Cl. The number of hydrogen-bond donors (Lipinski definition) is 1. The van der Waals surface area contributed by atoms with Gasteiger partial charge in [0.05, 0.1) is 6.54 Å². The molecule has 0 aliphatic rings. The number of ether oxygens (including phenoxy) is 1. The van der Waals surface area contributed by atoms with Crippen molar-refractivity contribution in [3.63, 3.8) is 0 Å². The molecule has 0 heterocycles. The van der Waals surface area contributed by atoms with Gasteiger partial charge in [-0.1, -0.05) is 11.6 Å². The summed E-state index contributed by atoms with van der Waals surface area (Å²) in [5.41, 5.74) is 1.67. The number of nitrogens with one attached hydrogen (secondary N) is 1. The molecule has 0 spiro atoms. The zero-order valence-corrected chi connectivity index (χ0v) is 9.80. The quantitative estimate of drug-likeness (QED) is 0.826. The zero-order chi connectivity index (χ0) is 12.1. The number of rotatable bonds is 3. The summed E-state index contributed by atoms with van der Waals surface area (Å²) in [7, 11) is 0. The molecule has 1 rings (SSSR count). The van der Waals surface area contributed by atoms with Crippen molar-refractivity contribution in [2.75, 3.05) is 6.54 Å². The summed E-state index contributed by atoms with van der Waals surface area (Å²) >= 11 is 5.97. The van der Waals surface area contributed by atoms with E-state index in [2.05, 4.69) is 5.32 Å². The maximum absolute atomic E-state index is 11.2. The first kappa shape index (κ1) is 12.5. The molecule has 0 saturated carbocycles. The molecule has 0 aromatic heterocycles. The van der Waals surface area contributed by atoms with Gasteiger partial charge in [-0.3, -0.25) is 0 Å². The Kier molecular flexibility index (Phi) is 4.31. The van der Waals surface area contributed by atoms with Crippen LogP contribution in [0.2, 0.25) is 5.02 Å². The van der Waals surface area contributed by atoms with Crippen LogP contribution >= 0.6 is 11.6 Å². The largest absolute Gasteiger partial charge is 0.412 e. The number of benzene rings is 1. The molecule has 0 aliphatic carbocycles. The molecule has 0 unspecified atom stereocenters. The lowest BCUT2D eigenvalue weighted by molar-refractivity contribution is -0.107. The monoisotopic (exact) mass is 241 g/mol. The van der Waals surface area contributed by atoms with Crippen LogP contribution in [-0.2, 0) is 4.79 Å². The van der Waals surface area contributed by atoms with E-state index in [1.807, 2.05) is 13.8 Å². The first-order valence-electron chi connectivity index (χ1n) is 4.70. The minimum absolute atomic E-state index is 0.0651. The van der Waals surface area contributed by atoms with Gasteiger partial charge in [0, 0.05) is 5.02 Å². The molecule has 4 nitrogen and oxygen atoms in total. The van der Waals surface area contributed by atoms with E-state index in [4.69, 9.17) is 16.3 Å². The van der Waals surface area contributed by atoms with E-state index >= 15 is 0 Å². The molecule has 0 saturated heterocycles. The molecule has 16 heavy (non-hydrogen) atoms. The lowest BCUT2D eigenvalue weighted by atomic mass is 10.1. The summed E-state index contributed by atoms with van der Waals surface area (Å²) in [5, 5.41) is 2.93. The van der Waals surface area contributed by atoms with Crippen molar-refractivity contribution in [1.29, 1.82) is 0 Å². The van der Waals surface area contributed by atoms with Gasteiger partial charge in [0.1, 0.15) is 12.0 Å². The van der Waals surface area contributed by atoms with Crippen molar-refractivity contribution in [3.05, 3.63) is 28.3 Å². The van der Waals surface area contributed by atoms with Crippen LogP contribution in [0, 0.1) is 13.8 Å². The fourth-order valence-corrected chi connectivity index (χ4v) is 1.34. The number of halogens is 1. The second kappa shape index (κ2) is 5.51. The van der Waals surface area contributed by atoms with Crippen LogP contribution in [0.5, 0.6) is 5.75 Å². The second-order valence-electron chi connectivity index (χ2n) is 3.31. The first-order valence-corrected chi connectivity index (χ1v) is 5.08. The van der Waals surface area contributed by atoms with Crippen LogP contribution in [0.3, 0.4) is 0 Å². The van der Waals surface area contributed by atoms with Crippen LogP contribution in [0.1, 0.15) is 11.1 Å². The Morgan fingerprint density at radius 3 is 2.50 bits per heavy atom. The Morgan fingerprint density at radius 2 is 2.00 bits per heavy atom. The molecular formula is C11H12ClNO3. The summed E-state index contributed by atoms with van der Waals surface area (Å²) in [6.07, 6.45) is -0.0761. The summed E-state index contributed by atoms with van der Waals surface area (Å²) < 4.78 is 4.97. The Balaban J connectivity index is 2.74. The van der Waals surface area contributed by atoms with Crippen molar-refractivity contribution < 1.29 is 14.3 Å². The fourth-order valence-electron chi connectivity index (χ4n) is 1.23. The van der Waals surface area contributed by atoms with Crippen molar-refractivity contribution >= 4 is 24.0 Å². The number of carbonyl (C=O) groups is 2. The summed E-state index contributed by atoms with van der Waals surface area (Å²) in [4.78, 5) is 21.2. The van der Waals surface area contributed by atoms with Gasteiger partial charge in [-0.05, 0) is 37.1 Å². The van der Waals surface area contributed by atoms with Crippen molar-refractivity contribution in [1.82, 2.24) is 5.32 Å². The molecule has 0 radical (unpaired) electrons. The van der Waals surface area contributed by atoms with E-state index in [1.54, 1.807) is 12.1 Å². The number of amides is 1. The third-order valence-electron chi connectivity index (χ3n) is 1.95. The van der Waals surface area contributed by atoms with E-state index in [9.17, 15) is 9.59 Å². The molecule has 1 aromatic rings. The van der Waals surface area contributed by atoms with E-state index in [1.165, 1.54) is 0 Å². The van der Waals surface area contributed by atoms with Gasteiger partial charge < -0.3 is 14.8 Å². The highest BCUT2D eigenvalue weighted by atomic mass is 35.5. The molecule has 5 heteroatoms. The predicted octanol–water partition coefficient (Wildman–Crippen LogP) is 2.24. The normalized spacial score (nSPS) is 9.69. The molecule has 1 N–H and O–H groups in total. The van der Waals surface area contributed by atoms with Gasteiger partial charge in [-0.25, -0.2) is 4.79 Å². The van der Waals surface area contributed by atoms with Crippen molar-refractivity contribution in [2.45, 2.75) is 13.8 Å². The highest BCUT2D eigenvalue weighted by Crippen LogP contribution is 2.25. The van der Waals surface area contributed by atoms with Gasteiger partial charge in [-0.2, -0.15) is 0 Å². The van der Waals surface area contributed by atoms with Gasteiger partial charge >= 0.3 is 6.09 Å². The number of aryl methyl sites for hydroxylation is 2. The first-order chi connectivity index (χ1) is 7.54. The lowest BCUT2D eigenvalue weighted by Crippen LogP contribution is -2.28. The molecular weight excluding hydrogens is 230 g/mol. The highest BCUT2D eigenvalue weighted by molar-refractivity contribution is 6.32. The van der Waals surface area contributed by atoms with Crippen LogP contribution in [0.25, 0.3) is 0 Å². The Morgan fingerprint density at radius 1 is 1.44 bits per heavy atom. The molecule has 0 atom stereocenters. The van der Waals surface area contributed by atoms with Gasteiger partial charge in [0.15, 0.2) is 0 Å². The van der Waals surface area contributed by atoms with Gasteiger partial charge in [-0.15, -0.1) is 0 Å². The maximum Gasteiger partial charge on any atom is 0.412 e. The van der Waals surface area contributed by atoms with Crippen molar-refractivity contribution in [3.8, 4) is 5.75 Å². The van der Waals surface area contributed by atoms with E-state index in [0.717, 1.165) is 11.1 Å². The zero-order valence-electron chi connectivity index (χ0n) is 9.04. The van der Waals surface area contributed by atoms with E-state index in [0.29, 0.717) is 17.1 Å². The number of carbonyl (C=O) groups excluding carboxylic acids is 2. The summed E-state index contributed by atoms with van der Waals surface area (Å²) in [5.74, 6) is 0.405. The lowest BCUT2D eigenvalue weighted by Gasteiger charge is -2.08. The third kappa shape index (κ3) is 3.24. The predicted molar refractivity (Wildman–Crippen MR) is 61.0 cm³/mol. The van der Waals surface area contributed by atoms with Gasteiger partial charge in [0.2, 0.25) is 0 Å². The van der Waals surface area contributed by atoms with Crippen LogP contribution in [-0.4, -0.2) is 18.9 Å². The summed E-state index contributed by atoms with van der Waals surface area (Å²) in [6.45, 7) is 3.58. The Hall–Kier alpha value is -1.55. The second-order valence-corrected chi connectivity index (χ2v) is 3.69. The minimum Gasteiger partial charge on any atom is -0.410 e. The van der Waals surface area contributed by atoms with Gasteiger partial charge in [0.25, 0.3) is 0 Å². The van der Waals surface area contributed by atoms with Crippen LogP contribution in [0.4, 0.5) is 4.79 Å². The number of aldehydes is 1. The molecule has 0 aliphatic heterocycles. The number of hydrogen-bond acceptors (Lipinski definition) is 3.